The van der Waals surface area contributed by atoms with E-state index in [4.69, 9.17) is 13.7 Å². The number of nitro benzene ring substituents is 1. The molecule has 1 heterocycles. The van der Waals surface area contributed by atoms with Gasteiger partial charge in [-0.15, -0.1) is 0 Å². The minimum Gasteiger partial charge on any atom is -0.496 e. The van der Waals surface area contributed by atoms with Gasteiger partial charge in [0, 0.05) is 30.3 Å². The molecule has 1 aliphatic rings. The number of fused-ring (bicyclic) bond motifs is 1. The van der Waals surface area contributed by atoms with Gasteiger partial charge < -0.3 is 23.9 Å². The number of nitrogens with zero attached hydrogens (tertiary/aromatic N) is 2. The Kier molecular flexibility index (Phi) is 8.16. The number of aryl methyl sites for hydroxylation is 1. The summed E-state index contributed by atoms with van der Waals surface area (Å²) in [6.07, 6.45) is 0.414. The van der Waals surface area contributed by atoms with E-state index in [0.717, 1.165) is 0 Å². The van der Waals surface area contributed by atoms with E-state index in [1.54, 1.807) is 51.8 Å². The Morgan fingerprint density at radius 3 is 2.41 bits per heavy atom. The molecular weight excluding hydrogens is 550 g/mol. The molecule has 1 amide bonds. The number of carbonyl (C=O) groups excluding carboxylic acids is 1. The van der Waals surface area contributed by atoms with Crippen molar-refractivity contribution < 1.29 is 31.8 Å². The summed E-state index contributed by atoms with van der Waals surface area (Å²) in [6, 6.07) is 12.8. The first-order chi connectivity index (χ1) is 19.3. The van der Waals surface area contributed by atoms with Crippen LogP contribution < -0.4 is 23.9 Å². The molecule has 3 aromatic carbocycles. The van der Waals surface area contributed by atoms with Crippen molar-refractivity contribution in [3.05, 3.63) is 69.8 Å². The number of rotatable bonds is 10. The molecule has 11 nitrogen and oxygen atoms in total. The third-order valence-electron chi connectivity index (χ3n) is 6.80. The number of amides is 1. The van der Waals surface area contributed by atoms with Gasteiger partial charge in [0.15, 0.2) is 0 Å². The summed E-state index contributed by atoms with van der Waals surface area (Å²) >= 11 is 0. The Bertz CT molecular complexity index is 1620. The van der Waals surface area contributed by atoms with Crippen LogP contribution in [0.3, 0.4) is 0 Å². The Hall–Kier alpha value is -4.32. The summed E-state index contributed by atoms with van der Waals surface area (Å²) in [5.74, 6) is 0.506. The molecule has 0 bridgehead atoms. The number of non-ortho nitro benzene ring substituents is 1. The molecule has 1 N–H and O–H groups in total. The van der Waals surface area contributed by atoms with Gasteiger partial charge in [0.05, 0.1) is 35.2 Å². The minimum absolute atomic E-state index is 0.0352. The average molecular weight is 584 g/mol. The summed E-state index contributed by atoms with van der Waals surface area (Å²) in [7, 11) is -0.616. The standard InChI is InChI=1S/C29H33N3O8S/c1-7-14-41(36,37)40-20-10-11-22(26(16-20)38-6)21-12-13-24-27(31(5)28(33)29(3,4)30-24)23(21)17-39-25-15-19(32(34)35)9-8-18(25)2/h8-13,15-16,30H,7,14,17H2,1-6H3. The number of carbonyl (C=O) groups is 1. The Morgan fingerprint density at radius 2 is 1.76 bits per heavy atom. The van der Waals surface area contributed by atoms with Crippen LogP contribution in [0.4, 0.5) is 17.1 Å². The Balaban J connectivity index is 1.85. The summed E-state index contributed by atoms with van der Waals surface area (Å²) < 4.78 is 41.5. The van der Waals surface area contributed by atoms with Gasteiger partial charge in [0.25, 0.3) is 11.6 Å². The number of hydrogen-bond donors (Lipinski definition) is 1. The van der Waals surface area contributed by atoms with E-state index in [2.05, 4.69) is 5.32 Å². The second kappa shape index (κ2) is 11.3. The lowest BCUT2D eigenvalue weighted by molar-refractivity contribution is -0.385. The molecular formula is C29H33N3O8S. The molecule has 0 fully saturated rings. The van der Waals surface area contributed by atoms with E-state index in [9.17, 15) is 23.3 Å². The van der Waals surface area contributed by atoms with Crippen LogP contribution in [0.25, 0.3) is 11.1 Å². The molecule has 0 aromatic heterocycles. The summed E-state index contributed by atoms with van der Waals surface area (Å²) in [5, 5.41) is 14.7. The summed E-state index contributed by atoms with van der Waals surface area (Å²) in [6.45, 7) is 7.08. The number of ether oxygens (including phenoxy) is 2. The highest BCUT2D eigenvalue weighted by molar-refractivity contribution is 7.87. The predicted molar refractivity (Wildman–Crippen MR) is 156 cm³/mol. The van der Waals surface area contributed by atoms with Gasteiger partial charge in [-0.3, -0.25) is 14.9 Å². The molecule has 0 saturated carbocycles. The number of benzene rings is 3. The van der Waals surface area contributed by atoms with E-state index < -0.39 is 20.6 Å². The van der Waals surface area contributed by atoms with Crippen LogP contribution in [-0.2, 0) is 21.5 Å². The van der Waals surface area contributed by atoms with Crippen LogP contribution >= 0.6 is 0 Å². The molecule has 1 aliphatic heterocycles. The molecule has 0 aliphatic carbocycles. The van der Waals surface area contributed by atoms with E-state index in [1.165, 1.54) is 31.4 Å². The van der Waals surface area contributed by atoms with Gasteiger partial charge in [-0.2, -0.15) is 8.42 Å². The zero-order valence-corrected chi connectivity index (χ0v) is 24.6. The maximum absolute atomic E-state index is 13.3. The van der Waals surface area contributed by atoms with Crippen LogP contribution in [0.5, 0.6) is 17.2 Å². The molecule has 0 radical (unpaired) electrons. The van der Waals surface area contributed by atoms with Crippen molar-refractivity contribution in [3.63, 3.8) is 0 Å². The van der Waals surface area contributed by atoms with Gasteiger partial charge in [0.1, 0.15) is 29.4 Å². The molecule has 218 valence electrons. The highest BCUT2D eigenvalue weighted by Crippen LogP contribution is 2.45. The van der Waals surface area contributed by atoms with Crippen LogP contribution in [-0.4, -0.2) is 44.7 Å². The molecule has 0 saturated heterocycles. The maximum atomic E-state index is 13.3. The summed E-state index contributed by atoms with van der Waals surface area (Å²) in [4.78, 5) is 25.7. The SMILES string of the molecule is CCCS(=O)(=O)Oc1ccc(-c2ccc3c(c2COc2cc([N+](=O)[O-])ccc2C)N(C)C(=O)C(C)(C)N3)c(OC)c1. The molecule has 12 heteroatoms. The fourth-order valence-electron chi connectivity index (χ4n) is 4.82. The monoisotopic (exact) mass is 583 g/mol. The predicted octanol–water partition coefficient (Wildman–Crippen LogP) is 5.44. The number of nitro groups is 1. The van der Waals surface area contributed by atoms with Crippen LogP contribution in [0, 0.1) is 17.0 Å². The Morgan fingerprint density at radius 1 is 1.05 bits per heavy atom. The molecule has 4 rings (SSSR count). The number of nitrogens with one attached hydrogen (secondary N) is 1. The highest BCUT2D eigenvalue weighted by Gasteiger charge is 2.39. The van der Waals surface area contributed by atoms with Gasteiger partial charge in [0.2, 0.25) is 0 Å². The van der Waals surface area contributed by atoms with Crippen molar-refractivity contribution in [1.82, 2.24) is 0 Å². The van der Waals surface area contributed by atoms with Crippen molar-refractivity contribution in [1.29, 1.82) is 0 Å². The highest BCUT2D eigenvalue weighted by atomic mass is 32.2. The molecule has 0 unspecified atom stereocenters. The van der Waals surface area contributed by atoms with Crippen LogP contribution in [0.1, 0.15) is 38.3 Å². The van der Waals surface area contributed by atoms with E-state index in [-0.39, 0.29) is 29.7 Å². The smallest absolute Gasteiger partial charge is 0.309 e. The van der Waals surface area contributed by atoms with Gasteiger partial charge in [-0.25, -0.2) is 0 Å². The fraction of sp³-hybridized carbons (Fsp3) is 0.345. The van der Waals surface area contributed by atoms with Crippen molar-refractivity contribution in [2.45, 2.75) is 46.3 Å². The number of anilines is 2. The van der Waals surface area contributed by atoms with Crippen LogP contribution in [0.15, 0.2) is 48.5 Å². The maximum Gasteiger partial charge on any atom is 0.309 e. The second-order valence-corrected chi connectivity index (χ2v) is 12.0. The number of hydrogen-bond acceptors (Lipinski definition) is 9. The van der Waals surface area contributed by atoms with E-state index in [0.29, 0.717) is 51.5 Å². The van der Waals surface area contributed by atoms with Gasteiger partial charge in [-0.05, 0) is 62.6 Å². The zero-order chi connectivity index (χ0) is 30.1. The van der Waals surface area contributed by atoms with E-state index in [1.807, 2.05) is 12.1 Å². The van der Waals surface area contributed by atoms with Crippen molar-refractivity contribution >= 4 is 33.1 Å². The lowest BCUT2D eigenvalue weighted by Crippen LogP contribution is -2.52. The first kappa shape index (κ1) is 29.7. The minimum atomic E-state index is -3.76. The van der Waals surface area contributed by atoms with Crippen LogP contribution in [0.2, 0.25) is 0 Å². The summed E-state index contributed by atoms with van der Waals surface area (Å²) in [5.41, 5.74) is 2.94. The third kappa shape index (κ3) is 6.07. The number of likely N-dealkylation sites (N-methyl/N-ethyl adjacent to an activating group) is 1. The average Bonchev–Trinajstić information content (AvgIpc) is 2.90. The molecule has 0 spiro atoms. The van der Waals surface area contributed by atoms with Crippen molar-refractivity contribution in [2.75, 3.05) is 30.1 Å². The first-order valence-electron chi connectivity index (χ1n) is 13.0. The topological polar surface area (TPSA) is 137 Å². The third-order valence-corrected chi connectivity index (χ3v) is 8.15. The normalized spacial score (nSPS) is 14.2. The molecule has 0 atom stereocenters. The lowest BCUT2D eigenvalue weighted by Gasteiger charge is -2.39. The quantitative estimate of drug-likeness (QED) is 0.188. The Labute approximate surface area is 239 Å². The first-order valence-corrected chi connectivity index (χ1v) is 14.6. The number of methoxy groups -OCH3 is 1. The largest absolute Gasteiger partial charge is 0.496 e. The lowest BCUT2D eigenvalue weighted by atomic mass is 9.91. The molecule has 41 heavy (non-hydrogen) atoms. The van der Waals surface area contributed by atoms with E-state index >= 15 is 0 Å². The molecule has 3 aromatic rings. The second-order valence-electron chi connectivity index (χ2n) is 10.3. The van der Waals surface area contributed by atoms with Gasteiger partial charge >= 0.3 is 10.1 Å². The zero-order valence-electron chi connectivity index (χ0n) is 23.8. The van der Waals surface area contributed by atoms with Crippen molar-refractivity contribution in [2.24, 2.45) is 0 Å². The van der Waals surface area contributed by atoms with Gasteiger partial charge in [-0.1, -0.05) is 13.0 Å². The fourth-order valence-corrected chi connectivity index (χ4v) is 5.80. The van der Waals surface area contributed by atoms with Crippen molar-refractivity contribution in [3.8, 4) is 28.4 Å².